The van der Waals surface area contributed by atoms with Crippen molar-refractivity contribution < 1.29 is 0 Å². The lowest BCUT2D eigenvalue weighted by Gasteiger charge is -2.18. The zero-order valence-corrected chi connectivity index (χ0v) is 14.3. The molecule has 0 aliphatic heterocycles. The second-order valence-electron chi connectivity index (χ2n) is 6.27. The summed E-state index contributed by atoms with van der Waals surface area (Å²) in [5.41, 5.74) is 2.45. The van der Waals surface area contributed by atoms with Gasteiger partial charge in [0, 0.05) is 42.8 Å². The van der Waals surface area contributed by atoms with E-state index in [0.29, 0.717) is 0 Å². The first-order valence-corrected chi connectivity index (χ1v) is 7.98. The molecule has 114 valence electrons. The third kappa shape index (κ3) is 4.02. The van der Waals surface area contributed by atoms with Gasteiger partial charge in [-0.15, -0.1) is 11.3 Å². The summed E-state index contributed by atoms with van der Waals surface area (Å²) in [4.78, 5) is 12.6. The van der Waals surface area contributed by atoms with E-state index >= 15 is 0 Å². The second-order valence-corrected chi connectivity index (χ2v) is 7.33. The van der Waals surface area contributed by atoms with E-state index in [9.17, 15) is 0 Å². The highest BCUT2D eigenvalue weighted by atomic mass is 32.1. The fourth-order valence-electron chi connectivity index (χ4n) is 2.20. The molecule has 5 heteroatoms. The first-order chi connectivity index (χ1) is 9.91. The van der Waals surface area contributed by atoms with Gasteiger partial charge in [0.05, 0.1) is 5.69 Å². The van der Waals surface area contributed by atoms with Gasteiger partial charge >= 0.3 is 0 Å². The summed E-state index contributed by atoms with van der Waals surface area (Å²) in [6, 6.07) is 4.06. The van der Waals surface area contributed by atoms with E-state index in [-0.39, 0.29) is 5.41 Å². The molecule has 2 rings (SSSR count). The molecule has 0 bridgehead atoms. The lowest BCUT2D eigenvalue weighted by Crippen LogP contribution is -2.18. The Balaban J connectivity index is 2.23. The molecule has 2 heterocycles. The third-order valence-corrected chi connectivity index (χ3v) is 4.37. The van der Waals surface area contributed by atoms with Crippen molar-refractivity contribution in [2.75, 3.05) is 19.0 Å². The highest BCUT2D eigenvalue weighted by molar-refractivity contribution is 7.15. The molecule has 21 heavy (non-hydrogen) atoms. The number of hydrogen-bond acceptors (Lipinski definition) is 5. The Morgan fingerprint density at radius 3 is 2.67 bits per heavy atom. The predicted molar refractivity (Wildman–Crippen MR) is 89.9 cm³/mol. The molecule has 0 radical (unpaired) electrons. The fraction of sp³-hybridized carbons (Fsp3) is 0.500. The molecule has 0 saturated heterocycles. The van der Waals surface area contributed by atoms with Gasteiger partial charge in [0.1, 0.15) is 0 Å². The Kier molecular flexibility index (Phi) is 4.96. The highest BCUT2D eigenvalue weighted by Gasteiger charge is 2.24. The Bertz CT molecular complexity index is 572. The van der Waals surface area contributed by atoms with Crippen molar-refractivity contribution in [3.63, 3.8) is 0 Å². The number of pyridine rings is 1. The SMILES string of the molecule is CNCc1sc(N(C)Cc2cccnc2)nc1C(C)(C)C. The first-order valence-electron chi connectivity index (χ1n) is 7.16. The average Bonchev–Trinajstić information content (AvgIpc) is 2.84. The quantitative estimate of drug-likeness (QED) is 0.921. The zero-order chi connectivity index (χ0) is 15.5. The van der Waals surface area contributed by atoms with Gasteiger partial charge in [0.15, 0.2) is 5.13 Å². The van der Waals surface area contributed by atoms with E-state index in [0.717, 1.165) is 18.2 Å². The summed E-state index contributed by atoms with van der Waals surface area (Å²) in [7, 11) is 4.06. The molecule has 1 N–H and O–H groups in total. The average molecular weight is 304 g/mol. The van der Waals surface area contributed by atoms with Gasteiger partial charge in [-0.3, -0.25) is 4.98 Å². The van der Waals surface area contributed by atoms with Crippen LogP contribution in [-0.4, -0.2) is 24.1 Å². The molecule has 0 aliphatic carbocycles. The van der Waals surface area contributed by atoms with Crippen LogP contribution in [0.25, 0.3) is 0 Å². The van der Waals surface area contributed by atoms with Crippen LogP contribution < -0.4 is 10.2 Å². The van der Waals surface area contributed by atoms with E-state index < -0.39 is 0 Å². The predicted octanol–water partition coefficient (Wildman–Crippen LogP) is 3.19. The van der Waals surface area contributed by atoms with Crippen LogP contribution in [-0.2, 0) is 18.5 Å². The van der Waals surface area contributed by atoms with Gasteiger partial charge in [0.2, 0.25) is 0 Å². The van der Waals surface area contributed by atoms with Crippen molar-refractivity contribution >= 4 is 16.5 Å². The van der Waals surface area contributed by atoms with Gasteiger partial charge < -0.3 is 10.2 Å². The van der Waals surface area contributed by atoms with Gasteiger partial charge in [0.25, 0.3) is 0 Å². The Hall–Kier alpha value is -1.46. The maximum Gasteiger partial charge on any atom is 0.185 e. The van der Waals surface area contributed by atoms with E-state index in [2.05, 4.69) is 49.1 Å². The molecule has 2 aromatic heterocycles. The summed E-state index contributed by atoms with van der Waals surface area (Å²) >= 11 is 1.77. The fourth-order valence-corrected chi connectivity index (χ4v) is 3.44. The molecule has 0 spiro atoms. The number of thiazole rings is 1. The van der Waals surface area contributed by atoms with Gasteiger partial charge in [-0.2, -0.15) is 0 Å². The number of nitrogens with one attached hydrogen (secondary N) is 1. The molecular weight excluding hydrogens is 280 g/mol. The Labute approximate surface area is 131 Å². The van der Waals surface area contributed by atoms with Crippen LogP contribution in [0.15, 0.2) is 24.5 Å². The second kappa shape index (κ2) is 6.54. The molecular formula is C16H24N4S. The normalized spacial score (nSPS) is 11.7. The number of hydrogen-bond donors (Lipinski definition) is 1. The third-order valence-electron chi connectivity index (χ3n) is 3.20. The minimum Gasteiger partial charge on any atom is -0.347 e. The molecule has 0 aromatic carbocycles. The minimum absolute atomic E-state index is 0.0656. The van der Waals surface area contributed by atoms with Crippen molar-refractivity contribution in [1.82, 2.24) is 15.3 Å². The lowest BCUT2D eigenvalue weighted by molar-refractivity contribution is 0.563. The monoisotopic (exact) mass is 304 g/mol. The van der Waals surface area contributed by atoms with Crippen molar-refractivity contribution in [1.29, 1.82) is 0 Å². The van der Waals surface area contributed by atoms with Crippen molar-refractivity contribution in [3.8, 4) is 0 Å². The van der Waals surface area contributed by atoms with E-state index in [1.54, 1.807) is 17.5 Å². The maximum atomic E-state index is 4.88. The maximum absolute atomic E-state index is 4.88. The molecule has 2 aromatic rings. The largest absolute Gasteiger partial charge is 0.347 e. The van der Waals surface area contributed by atoms with E-state index in [1.165, 1.54) is 16.1 Å². The summed E-state index contributed by atoms with van der Waals surface area (Å²) in [5.74, 6) is 0. The summed E-state index contributed by atoms with van der Waals surface area (Å²) in [6.07, 6.45) is 3.71. The Morgan fingerprint density at radius 2 is 2.10 bits per heavy atom. The summed E-state index contributed by atoms with van der Waals surface area (Å²) < 4.78 is 0. The minimum atomic E-state index is 0.0656. The molecule has 0 unspecified atom stereocenters. The number of rotatable bonds is 5. The van der Waals surface area contributed by atoms with Gasteiger partial charge in [-0.1, -0.05) is 26.8 Å². The first kappa shape index (κ1) is 15.9. The van der Waals surface area contributed by atoms with Crippen LogP contribution in [0.4, 0.5) is 5.13 Å². The lowest BCUT2D eigenvalue weighted by atomic mass is 9.91. The van der Waals surface area contributed by atoms with E-state index in [1.807, 2.05) is 19.3 Å². The molecule has 0 saturated carbocycles. The smallest absolute Gasteiger partial charge is 0.185 e. The topological polar surface area (TPSA) is 41.0 Å². The van der Waals surface area contributed by atoms with Crippen molar-refractivity contribution in [2.45, 2.75) is 39.3 Å². The number of anilines is 1. The van der Waals surface area contributed by atoms with Crippen LogP contribution in [0.3, 0.4) is 0 Å². The Morgan fingerprint density at radius 1 is 1.33 bits per heavy atom. The number of aromatic nitrogens is 2. The van der Waals surface area contributed by atoms with Crippen LogP contribution in [0.5, 0.6) is 0 Å². The standard InChI is InChI=1S/C16H24N4S/c1-16(2,3)14-13(10-17-4)21-15(19-14)20(5)11-12-7-6-8-18-9-12/h6-9,17H,10-11H2,1-5H3. The number of nitrogens with zero attached hydrogens (tertiary/aromatic N) is 3. The van der Waals surface area contributed by atoms with Crippen LogP contribution in [0.1, 0.15) is 36.9 Å². The van der Waals surface area contributed by atoms with Crippen LogP contribution in [0.2, 0.25) is 0 Å². The zero-order valence-electron chi connectivity index (χ0n) is 13.5. The van der Waals surface area contributed by atoms with Crippen molar-refractivity contribution in [2.24, 2.45) is 0 Å². The van der Waals surface area contributed by atoms with Crippen LogP contribution in [0, 0.1) is 0 Å². The summed E-state index contributed by atoms with van der Waals surface area (Å²) in [6.45, 7) is 8.33. The van der Waals surface area contributed by atoms with Gasteiger partial charge in [-0.05, 0) is 18.7 Å². The van der Waals surface area contributed by atoms with Crippen molar-refractivity contribution in [3.05, 3.63) is 40.7 Å². The molecule has 0 atom stereocenters. The summed E-state index contributed by atoms with van der Waals surface area (Å²) in [5, 5.41) is 4.30. The molecule has 0 amide bonds. The molecule has 4 nitrogen and oxygen atoms in total. The van der Waals surface area contributed by atoms with Gasteiger partial charge in [-0.25, -0.2) is 4.98 Å². The highest BCUT2D eigenvalue weighted by Crippen LogP contribution is 2.33. The molecule has 0 aliphatic rings. The van der Waals surface area contributed by atoms with E-state index in [4.69, 9.17) is 4.98 Å². The van der Waals surface area contributed by atoms with Crippen LogP contribution >= 0.6 is 11.3 Å². The molecule has 0 fully saturated rings.